The summed E-state index contributed by atoms with van der Waals surface area (Å²) in [6.45, 7) is 10.9. The second kappa shape index (κ2) is 11.9. The highest BCUT2D eigenvalue weighted by atomic mass is 16.1. The molecule has 0 spiro atoms. The molecule has 0 radical (unpaired) electrons. The van der Waals surface area contributed by atoms with Crippen molar-refractivity contribution in [2.45, 2.75) is 26.2 Å². The predicted octanol–water partition coefficient (Wildman–Crippen LogP) is 7.18. The molecular weight excluding hydrogens is 476 g/mol. The summed E-state index contributed by atoms with van der Waals surface area (Å²) >= 11 is 0. The van der Waals surface area contributed by atoms with Crippen LogP contribution < -0.4 is 4.57 Å². The minimum atomic E-state index is -0.224. The summed E-state index contributed by atoms with van der Waals surface area (Å²) in [7, 11) is 3.97. The van der Waals surface area contributed by atoms with Crippen LogP contribution in [0.25, 0.3) is 6.08 Å². The van der Waals surface area contributed by atoms with Gasteiger partial charge in [0.1, 0.15) is 7.05 Å². The fourth-order valence-electron chi connectivity index (χ4n) is 4.51. The van der Waals surface area contributed by atoms with E-state index in [4.69, 9.17) is 0 Å². The summed E-state index contributed by atoms with van der Waals surface area (Å²) in [4.78, 5) is 15.4. The lowest BCUT2D eigenvalue weighted by Crippen LogP contribution is -2.25. The highest BCUT2D eigenvalue weighted by molar-refractivity contribution is 6.14. The minimum absolute atomic E-state index is 0.00156. The molecular formula is C36H37N2O+. The standard InChI is InChI=1S/C36H37N2O/c1-27-9-7-8-10-34(27)36(3,4)28(2)11-12-31-25-32(15-13-29-17-21-37(5)22-18-29)35(39)33(26-31)16-14-30-19-23-38(6)24-20-30/h7-26H,2H2,1,3-6H3/q+1/b12-11+. The maximum absolute atomic E-state index is 13.4. The molecule has 0 fully saturated rings. The number of benzene rings is 1. The molecule has 0 bridgehead atoms. The van der Waals surface area contributed by atoms with E-state index in [1.165, 1.54) is 11.1 Å². The van der Waals surface area contributed by atoms with Crippen molar-refractivity contribution in [1.29, 1.82) is 0 Å². The Morgan fingerprint density at radius 3 is 2.33 bits per heavy atom. The van der Waals surface area contributed by atoms with E-state index in [-0.39, 0.29) is 11.2 Å². The summed E-state index contributed by atoms with van der Waals surface area (Å²) < 4.78 is 1.99. The Hall–Kier alpha value is -4.50. The number of ketones is 1. The van der Waals surface area contributed by atoms with E-state index < -0.39 is 0 Å². The van der Waals surface area contributed by atoms with Gasteiger partial charge in [0.15, 0.2) is 18.2 Å². The average Bonchev–Trinajstić information content (AvgIpc) is 2.92. The maximum atomic E-state index is 13.4. The van der Waals surface area contributed by atoms with Gasteiger partial charge in [0.2, 0.25) is 0 Å². The van der Waals surface area contributed by atoms with Gasteiger partial charge in [-0.2, -0.15) is 0 Å². The Morgan fingerprint density at radius 1 is 0.949 bits per heavy atom. The van der Waals surface area contributed by atoms with Gasteiger partial charge in [-0.1, -0.05) is 81.1 Å². The Kier molecular flexibility index (Phi) is 8.41. The van der Waals surface area contributed by atoms with Crippen molar-refractivity contribution in [2.75, 3.05) is 7.05 Å². The number of aryl methyl sites for hydroxylation is 2. The first-order valence-corrected chi connectivity index (χ1v) is 13.2. The molecule has 4 rings (SSSR count). The third-order valence-electron chi connectivity index (χ3n) is 7.19. The van der Waals surface area contributed by atoms with Gasteiger partial charge in [-0.3, -0.25) is 4.79 Å². The fraction of sp³-hybridized carbons (Fsp3) is 0.167. The number of allylic oxidation sites excluding steroid dienone is 14. The van der Waals surface area contributed by atoms with Crippen LogP contribution in [0.15, 0.2) is 150 Å². The number of pyridine rings is 1. The zero-order valence-electron chi connectivity index (χ0n) is 23.6. The zero-order chi connectivity index (χ0) is 28.0. The molecule has 1 aliphatic carbocycles. The molecule has 2 aliphatic rings. The summed E-state index contributed by atoms with van der Waals surface area (Å²) in [6.07, 6.45) is 27.8. The van der Waals surface area contributed by atoms with Crippen LogP contribution >= 0.6 is 0 Å². The van der Waals surface area contributed by atoms with Crippen LogP contribution in [0, 0.1) is 6.92 Å². The third-order valence-corrected chi connectivity index (χ3v) is 7.19. The van der Waals surface area contributed by atoms with Crippen LogP contribution in [0.5, 0.6) is 0 Å². The molecule has 196 valence electrons. The summed E-state index contributed by atoms with van der Waals surface area (Å²) in [5.74, 6) is 0.00156. The van der Waals surface area contributed by atoms with Gasteiger partial charge in [-0.05, 0) is 64.6 Å². The molecule has 3 nitrogen and oxygen atoms in total. The number of nitrogens with zero attached hydrogens (tertiary/aromatic N) is 2. The van der Waals surface area contributed by atoms with Gasteiger partial charge in [0.25, 0.3) is 0 Å². The number of hydrogen-bond acceptors (Lipinski definition) is 2. The molecule has 2 heterocycles. The minimum Gasteiger partial charge on any atom is -0.357 e. The van der Waals surface area contributed by atoms with E-state index in [1.54, 1.807) is 0 Å². The lowest BCUT2D eigenvalue weighted by atomic mass is 9.76. The number of Topliss-reactive ketones (excluding diaryl/α,β-unsaturated/α-hetero) is 1. The molecule has 2 aromatic rings. The van der Waals surface area contributed by atoms with Gasteiger partial charge in [0.05, 0.1) is 0 Å². The van der Waals surface area contributed by atoms with E-state index in [0.717, 1.165) is 22.3 Å². The van der Waals surface area contributed by atoms with Gasteiger partial charge in [-0.25, -0.2) is 4.57 Å². The van der Waals surface area contributed by atoms with E-state index in [1.807, 2.05) is 109 Å². The van der Waals surface area contributed by atoms with E-state index in [0.29, 0.717) is 11.1 Å². The third kappa shape index (κ3) is 6.88. The van der Waals surface area contributed by atoms with E-state index in [2.05, 4.69) is 63.8 Å². The Bertz CT molecular complexity index is 1500. The van der Waals surface area contributed by atoms with Crippen LogP contribution in [0.3, 0.4) is 0 Å². The highest BCUT2D eigenvalue weighted by Crippen LogP contribution is 2.34. The van der Waals surface area contributed by atoms with Crippen molar-refractivity contribution >= 4 is 11.9 Å². The second-order valence-electron chi connectivity index (χ2n) is 10.6. The van der Waals surface area contributed by atoms with Crippen molar-refractivity contribution in [2.24, 2.45) is 7.05 Å². The first-order chi connectivity index (χ1) is 18.6. The van der Waals surface area contributed by atoms with Crippen LogP contribution in [0.4, 0.5) is 0 Å². The molecule has 1 aromatic carbocycles. The van der Waals surface area contributed by atoms with E-state index >= 15 is 0 Å². The number of aromatic nitrogens is 1. The smallest absolute Gasteiger partial charge is 0.193 e. The zero-order valence-corrected chi connectivity index (χ0v) is 23.6. The first-order valence-electron chi connectivity index (χ1n) is 13.2. The van der Waals surface area contributed by atoms with Gasteiger partial charge < -0.3 is 4.90 Å². The molecule has 0 saturated heterocycles. The monoisotopic (exact) mass is 513 g/mol. The van der Waals surface area contributed by atoms with Crippen molar-refractivity contribution in [1.82, 2.24) is 4.90 Å². The topological polar surface area (TPSA) is 24.2 Å². The average molecular weight is 514 g/mol. The number of hydrogen-bond donors (Lipinski definition) is 0. The second-order valence-corrected chi connectivity index (χ2v) is 10.6. The number of carbonyl (C=O) groups is 1. The Morgan fingerprint density at radius 2 is 1.64 bits per heavy atom. The number of carbonyl (C=O) groups excluding carboxylic acids is 1. The van der Waals surface area contributed by atoms with Gasteiger partial charge in [0, 0.05) is 48.1 Å². The molecule has 0 amide bonds. The molecule has 0 atom stereocenters. The van der Waals surface area contributed by atoms with Crippen molar-refractivity contribution in [3.05, 3.63) is 167 Å². The Balaban J connectivity index is 1.66. The Labute approximate surface area is 233 Å². The lowest BCUT2D eigenvalue weighted by molar-refractivity contribution is -0.671. The fourth-order valence-corrected chi connectivity index (χ4v) is 4.51. The van der Waals surface area contributed by atoms with Crippen molar-refractivity contribution in [3.8, 4) is 0 Å². The maximum Gasteiger partial charge on any atom is 0.193 e. The van der Waals surface area contributed by atoms with Crippen molar-refractivity contribution < 1.29 is 9.36 Å². The SMILES string of the molecule is C=C(/C=C/C1=CC(=C/C=C2C=CN(C)C=C2)/C(=O)C(/C=C/c2cc[n+](C)cc2)=C1)C(C)(C)c1ccccc1C. The molecule has 0 saturated carbocycles. The van der Waals surface area contributed by atoms with Crippen LogP contribution in [0.2, 0.25) is 0 Å². The van der Waals surface area contributed by atoms with Crippen LogP contribution in [0.1, 0.15) is 30.5 Å². The normalized spacial score (nSPS) is 16.8. The molecule has 0 N–H and O–H groups in total. The van der Waals surface area contributed by atoms with Gasteiger partial charge >= 0.3 is 0 Å². The molecule has 39 heavy (non-hydrogen) atoms. The molecule has 1 aliphatic heterocycles. The lowest BCUT2D eigenvalue weighted by Gasteiger charge is -2.28. The summed E-state index contributed by atoms with van der Waals surface area (Å²) in [5, 5.41) is 0. The van der Waals surface area contributed by atoms with Crippen molar-refractivity contribution in [3.63, 3.8) is 0 Å². The first kappa shape index (κ1) is 27.5. The summed E-state index contributed by atoms with van der Waals surface area (Å²) in [5.41, 5.74) is 7.61. The quantitative estimate of drug-likeness (QED) is 0.222. The predicted molar refractivity (Wildman–Crippen MR) is 163 cm³/mol. The van der Waals surface area contributed by atoms with E-state index in [9.17, 15) is 4.79 Å². The summed E-state index contributed by atoms with van der Waals surface area (Å²) in [6, 6.07) is 12.5. The van der Waals surface area contributed by atoms with Gasteiger partial charge in [-0.15, -0.1) is 0 Å². The molecule has 3 heteroatoms. The van der Waals surface area contributed by atoms with Crippen LogP contribution in [-0.4, -0.2) is 17.7 Å². The van der Waals surface area contributed by atoms with Crippen LogP contribution in [-0.2, 0) is 17.3 Å². The molecule has 0 unspecified atom stereocenters. The molecule has 1 aromatic heterocycles. The number of rotatable bonds is 7. The highest BCUT2D eigenvalue weighted by Gasteiger charge is 2.24. The largest absolute Gasteiger partial charge is 0.357 e.